The van der Waals surface area contributed by atoms with Gasteiger partial charge in [0.1, 0.15) is 18.2 Å². The van der Waals surface area contributed by atoms with Crippen LogP contribution in [0.2, 0.25) is 0 Å². The number of likely N-dealkylation sites (tertiary alicyclic amines) is 1. The Bertz CT molecular complexity index is 1000. The summed E-state index contributed by atoms with van der Waals surface area (Å²) in [5.74, 6) is -1.15. The zero-order valence-electron chi connectivity index (χ0n) is 19.3. The van der Waals surface area contributed by atoms with Gasteiger partial charge >= 0.3 is 0 Å². The molecule has 0 spiro atoms. The average Bonchev–Trinajstić information content (AvgIpc) is 2.84. The zero-order valence-corrected chi connectivity index (χ0v) is 19.3. The van der Waals surface area contributed by atoms with Gasteiger partial charge in [0.05, 0.1) is 0 Å². The summed E-state index contributed by atoms with van der Waals surface area (Å²) >= 11 is 0. The number of benzene rings is 2. The second-order valence-corrected chi connectivity index (χ2v) is 9.06. The van der Waals surface area contributed by atoms with E-state index in [0.717, 1.165) is 44.3 Å². The van der Waals surface area contributed by atoms with Crippen LogP contribution in [-0.4, -0.2) is 72.3 Å². The monoisotopic (exact) mass is 467 g/mol. The lowest BCUT2D eigenvalue weighted by molar-refractivity contribution is -0.142. The van der Waals surface area contributed by atoms with Gasteiger partial charge in [-0.05, 0) is 74.2 Å². The number of hydrogen-bond donors (Lipinski definition) is 0. The van der Waals surface area contributed by atoms with E-state index in [9.17, 15) is 18.4 Å². The standard InChI is InChI=1S/C27H31F2N3O2/c28-24-17-21(18-25(29)19-24)7-8-26(33)32-16-15-31(27(34)20-32)12-4-11-30-13-9-23(10-14-30)22-5-2-1-3-6-22/h1-3,5-8,17-19,23H,4,9-16,20H2. The maximum absolute atomic E-state index is 13.3. The minimum Gasteiger partial charge on any atom is -0.339 e. The van der Waals surface area contributed by atoms with Crippen LogP contribution in [0, 0.1) is 11.6 Å². The molecule has 0 radical (unpaired) electrons. The fraction of sp³-hybridized carbons (Fsp3) is 0.407. The minimum atomic E-state index is -0.698. The summed E-state index contributed by atoms with van der Waals surface area (Å²) in [5.41, 5.74) is 1.70. The Labute approximate surface area is 199 Å². The molecule has 7 heteroatoms. The lowest BCUT2D eigenvalue weighted by Crippen LogP contribution is -2.52. The van der Waals surface area contributed by atoms with Crippen LogP contribution < -0.4 is 0 Å². The fourth-order valence-electron chi connectivity index (χ4n) is 4.78. The van der Waals surface area contributed by atoms with Crippen molar-refractivity contribution in [2.24, 2.45) is 0 Å². The summed E-state index contributed by atoms with van der Waals surface area (Å²) in [6.45, 7) is 4.81. The highest BCUT2D eigenvalue weighted by atomic mass is 19.1. The van der Waals surface area contributed by atoms with E-state index >= 15 is 0 Å². The van der Waals surface area contributed by atoms with E-state index in [4.69, 9.17) is 0 Å². The van der Waals surface area contributed by atoms with Crippen LogP contribution in [0.3, 0.4) is 0 Å². The molecule has 0 bridgehead atoms. The number of rotatable bonds is 7. The first-order valence-corrected chi connectivity index (χ1v) is 12.0. The average molecular weight is 468 g/mol. The van der Waals surface area contributed by atoms with Gasteiger partial charge in [0.15, 0.2) is 0 Å². The van der Waals surface area contributed by atoms with Crippen molar-refractivity contribution in [3.63, 3.8) is 0 Å². The van der Waals surface area contributed by atoms with Crippen molar-refractivity contribution in [3.8, 4) is 0 Å². The van der Waals surface area contributed by atoms with Gasteiger partial charge in [0, 0.05) is 31.8 Å². The molecule has 0 unspecified atom stereocenters. The van der Waals surface area contributed by atoms with E-state index < -0.39 is 11.6 Å². The number of carbonyl (C=O) groups is 2. The third-order valence-electron chi connectivity index (χ3n) is 6.69. The summed E-state index contributed by atoms with van der Waals surface area (Å²) < 4.78 is 26.6. The molecule has 34 heavy (non-hydrogen) atoms. The molecule has 2 heterocycles. The maximum Gasteiger partial charge on any atom is 0.247 e. The van der Waals surface area contributed by atoms with Crippen LogP contribution in [0.5, 0.6) is 0 Å². The Balaban J connectivity index is 1.17. The van der Waals surface area contributed by atoms with Gasteiger partial charge in [-0.15, -0.1) is 0 Å². The zero-order chi connectivity index (χ0) is 23.9. The van der Waals surface area contributed by atoms with Crippen molar-refractivity contribution in [1.82, 2.24) is 14.7 Å². The molecular formula is C27H31F2N3O2. The summed E-state index contributed by atoms with van der Waals surface area (Å²) in [6.07, 6.45) is 5.88. The highest BCUT2D eigenvalue weighted by Crippen LogP contribution is 2.27. The first kappa shape index (κ1) is 24.1. The summed E-state index contributed by atoms with van der Waals surface area (Å²) in [4.78, 5) is 30.7. The van der Waals surface area contributed by atoms with Crippen LogP contribution in [0.4, 0.5) is 8.78 Å². The Morgan fingerprint density at radius 1 is 0.941 bits per heavy atom. The number of halogens is 2. The number of carbonyl (C=O) groups excluding carboxylic acids is 2. The van der Waals surface area contributed by atoms with Gasteiger partial charge in [-0.1, -0.05) is 30.3 Å². The SMILES string of the molecule is O=C(C=Cc1cc(F)cc(F)c1)N1CCN(CCCN2CCC(c3ccccc3)CC2)C(=O)C1. The lowest BCUT2D eigenvalue weighted by Gasteiger charge is -2.35. The molecule has 2 fully saturated rings. The molecule has 0 aliphatic carbocycles. The highest BCUT2D eigenvalue weighted by Gasteiger charge is 2.26. The molecule has 5 nitrogen and oxygen atoms in total. The van der Waals surface area contributed by atoms with Crippen molar-refractivity contribution in [2.45, 2.75) is 25.2 Å². The van der Waals surface area contributed by atoms with E-state index in [-0.39, 0.29) is 23.9 Å². The Kier molecular flexibility index (Phi) is 8.06. The van der Waals surface area contributed by atoms with E-state index in [1.165, 1.54) is 35.5 Å². The topological polar surface area (TPSA) is 43.9 Å². The normalized spacial score (nSPS) is 18.1. The number of piperidine rings is 1. The third-order valence-corrected chi connectivity index (χ3v) is 6.69. The smallest absolute Gasteiger partial charge is 0.247 e. The Hall–Kier alpha value is -3.06. The summed E-state index contributed by atoms with van der Waals surface area (Å²) in [7, 11) is 0. The number of amides is 2. The predicted molar refractivity (Wildman–Crippen MR) is 128 cm³/mol. The molecule has 2 aromatic rings. The van der Waals surface area contributed by atoms with E-state index in [0.29, 0.717) is 25.6 Å². The van der Waals surface area contributed by atoms with Crippen LogP contribution in [0.15, 0.2) is 54.6 Å². The molecule has 0 saturated carbocycles. The third kappa shape index (κ3) is 6.50. The van der Waals surface area contributed by atoms with Crippen molar-refractivity contribution in [3.05, 3.63) is 77.4 Å². The van der Waals surface area contributed by atoms with E-state index in [2.05, 4.69) is 35.2 Å². The Morgan fingerprint density at radius 2 is 1.65 bits per heavy atom. The molecule has 0 N–H and O–H groups in total. The molecule has 2 amide bonds. The van der Waals surface area contributed by atoms with Crippen LogP contribution in [0.1, 0.15) is 36.3 Å². The fourth-order valence-corrected chi connectivity index (χ4v) is 4.78. The predicted octanol–water partition coefficient (Wildman–Crippen LogP) is 3.92. The van der Waals surface area contributed by atoms with E-state index in [1.807, 2.05) is 4.90 Å². The molecule has 2 aromatic carbocycles. The Morgan fingerprint density at radius 3 is 2.32 bits per heavy atom. The van der Waals surface area contributed by atoms with Crippen molar-refractivity contribution >= 4 is 17.9 Å². The van der Waals surface area contributed by atoms with Crippen LogP contribution >= 0.6 is 0 Å². The first-order chi connectivity index (χ1) is 16.5. The van der Waals surface area contributed by atoms with Gasteiger partial charge in [0.25, 0.3) is 0 Å². The van der Waals surface area contributed by atoms with Crippen molar-refractivity contribution in [1.29, 1.82) is 0 Å². The largest absolute Gasteiger partial charge is 0.339 e. The van der Waals surface area contributed by atoms with Gasteiger partial charge in [-0.25, -0.2) is 8.78 Å². The van der Waals surface area contributed by atoms with Gasteiger partial charge < -0.3 is 14.7 Å². The number of hydrogen-bond acceptors (Lipinski definition) is 3. The second kappa shape index (κ2) is 11.4. The quantitative estimate of drug-likeness (QED) is 0.580. The molecule has 4 rings (SSSR count). The summed E-state index contributed by atoms with van der Waals surface area (Å²) in [5, 5.41) is 0. The number of nitrogens with zero attached hydrogens (tertiary/aromatic N) is 3. The number of piperazine rings is 1. The lowest BCUT2D eigenvalue weighted by atomic mass is 9.89. The van der Waals surface area contributed by atoms with Crippen molar-refractivity contribution in [2.75, 3.05) is 45.8 Å². The van der Waals surface area contributed by atoms with Crippen LogP contribution in [-0.2, 0) is 9.59 Å². The van der Waals surface area contributed by atoms with Gasteiger partial charge in [0.2, 0.25) is 11.8 Å². The van der Waals surface area contributed by atoms with Crippen LogP contribution in [0.25, 0.3) is 6.08 Å². The molecule has 2 saturated heterocycles. The molecule has 2 aliphatic rings. The van der Waals surface area contributed by atoms with Gasteiger partial charge in [-0.3, -0.25) is 9.59 Å². The van der Waals surface area contributed by atoms with Crippen molar-refractivity contribution < 1.29 is 18.4 Å². The maximum atomic E-state index is 13.3. The molecule has 0 atom stereocenters. The first-order valence-electron chi connectivity index (χ1n) is 12.0. The summed E-state index contributed by atoms with van der Waals surface area (Å²) in [6, 6.07) is 13.8. The van der Waals surface area contributed by atoms with Gasteiger partial charge in [-0.2, -0.15) is 0 Å². The second-order valence-electron chi connectivity index (χ2n) is 9.06. The molecule has 0 aromatic heterocycles. The highest BCUT2D eigenvalue weighted by molar-refractivity contribution is 5.95. The van der Waals surface area contributed by atoms with E-state index in [1.54, 1.807) is 0 Å². The molecule has 180 valence electrons. The molecule has 2 aliphatic heterocycles. The minimum absolute atomic E-state index is 0.0309. The molecular weight excluding hydrogens is 436 g/mol.